The highest BCUT2D eigenvalue weighted by molar-refractivity contribution is 8.00. The molecule has 0 aliphatic rings. The number of nitriles is 1. The third kappa shape index (κ3) is 9.63. The molecule has 0 aliphatic heterocycles. The van der Waals surface area contributed by atoms with Crippen LogP contribution in [0.15, 0.2) is 83.2 Å². The number of ether oxygens (including phenoxy) is 2. The van der Waals surface area contributed by atoms with Crippen LogP contribution in [0.25, 0.3) is 21.7 Å². The summed E-state index contributed by atoms with van der Waals surface area (Å²) in [4.78, 5) is 18.8. The quantitative estimate of drug-likeness (QED) is 0.0745. The Morgan fingerprint density at radius 1 is 1.12 bits per heavy atom. The van der Waals surface area contributed by atoms with Crippen LogP contribution in [0.1, 0.15) is 30.9 Å². The van der Waals surface area contributed by atoms with Crippen LogP contribution in [0.4, 0.5) is 0 Å². The van der Waals surface area contributed by atoms with Crippen molar-refractivity contribution in [3.8, 4) is 27.8 Å². The minimum atomic E-state index is -0.377. The second-order valence-corrected chi connectivity index (χ2v) is 12.7. The molecule has 0 bridgehead atoms. The van der Waals surface area contributed by atoms with Gasteiger partial charge in [-0.15, -0.1) is 11.3 Å². The van der Waals surface area contributed by atoms with E-state index < -0.39 is 0 Å². The molecule has 0 aliphatic carbocycles. The largest absolute Gasteiger partial charge is 0.458 e. The first-order valence-corrected chi connectivity index (χ1v) is 16.7. The fourth-order valence-corrected chi connectivity index (χ4v) is 6.63. The topological polar surface area (TPSA) is 72.2 Å². The SMILES string of the molecule is CCCCSCC(COCc1ccc(Cl)cc1)OC(=O)CSc1nc(-c2cccs2)cc(-c2ccccc2)c1C#N. The van der Waals surface area contributed by atoms with E-state index in [4.69, 9.17) is 26.1 Å². The number of pyridine rings is 1. The van der Waals surface area contributed by atoms with Gasteiger partial charge >= 0.3 is 5.97 Å². The number of carbonyl (C=O) groups is 1. The fraction of sp³-hybridized carbons (Fsp3) is 0.281. The summed E-state index contributed by atoms with van der Waals surface area (Å²) in [5.74, 6) is 1.34. The Morgan fingerprint density at radius 3 is 2.63 bits per heavy atom. The average Bonchev–Trinajstić information content (AvgIpc) is 3.54. The molecule has 1 atom stereocenters. The van der Waals surface area contributed by atoms with Crippen LogP contribution < -0.4 is 0 Å². The monoisotopic (exact) mass is 622 g/mol. The number of halogens is 1. The van der Waals surface area contributed by atoms with Gasteiger partial charge in [0, 0.05) is 16.3 Å². The molecule has 1 unspecified atom stereocenters. The van der Waals surface area contributed by atoms with Crippen molar-refractivity contribution in [2.75, 3.05) is 23.9 Å². The number of unbranched alkanes of at least 4 members (excludes halogenated alkanes) is 1. The first-order valence-electron chi connectivity index (χ1n) is 13.3. The van der Waals surface area contributed by atoms with E-state index in [-0.39, 0.29) is 17.8 Å². The van der Waals surface area contributed by atoms with Crippen LogP contribution in [-0.4, -0.2) is 40.9 Å². The third-order valence-corrected chi connectivity index (χ3v) is 9.29. The van der Waals surface area contributed by atoms with Crippen molar-refractivity contribution in [1.82, 2.24) is 4.98 Å². The van der Waals surface area contributed by atoms with Gasteiger partial charge in [0.05, 0.1) is 35.1 Å². The number of hydrogen-bond acceptors (Lipinski definition) is 8. The molecule has 0 spiro atoms. The summed E-state index contributed by atoms with van der Waals surface area (Å²) in [7, 11) is 0. The van der Waals surface area contributed by atoms with E-state index in [1.165, 1.54) is 11.8 Å². The normalized spacial score (nSPS) is 11.6. The Morgan fingerprint density at radius 2 is 1.93 bits per heavy atom. The zero-order chi connectivity index (χ0) is 28.9. The number of thiophene rings is 1. The second-order valence-electron chi connectivity index (χ2n) is 9.16. The maximum atomic E-state index is 13.0. The molecule has 9 heteroatoms. The minimum absolute atomic E-state index is 0.0388. The molecule has 5 nitrogen and oxygen atoms in total. The van der Waals surface area contributed by atoms with Crippen molar-refractivity contribution >= 4 is 52.4 Å². The molecule has 0 radical (unpaired) electrons. The fourth-order valence-electron chi connectivity index (χ4n) is 3.94. The van der Waals surface area contributed by atoms with E-state index in [0.29, 0.717) is 34.6 Å². The summed E-state index contributed by atoms with van der Waals surface area (Å²) in [6, 6.07) is 25.5. The number of hydrogen-bond donors (Lipinski definition) is 0. The Bertz CT molecular complexity index is 1430. The first-order chi connectivity index (χ1) is 20.1. The smallest absolute Gasteiger partial charge is 0.316 e. The lowest BCUT2D eigenvalue weighted by molar-refractivity contribution is -0.147. The van der Waals surface area contributed by atoms with Crippen molar-refractivity contribution < 1.29 is 14.3 Å². The van der Waals surface area contributed by atoms with Gasteiger partial charge in [0.15, 0.2) is 0 Å². The van der Waals surface area contributed by atoms with E-state index in [1.54, 1.807) is 23.1 Å². The molecular weight excluding hydrogens is 592 g/mol. The van der Waals surface area contributed by atoms with E-state index >= 15 is 0 Å². The number of esters is 1. The molecule has 2 heterocycles. The number of rotatable bonds is 15. The Balaban J connectivity index is 1.45. The van der Waals surface area contributed by atoms with E-state index in [0.717, 1.165) is 45.9 Å². The van der Waals surface area contributed by atoms with Gasteiger partial charge in [-0.3, -0.25) is 4.79 Å². The second kappa shape index (κ2) is 16.6. The number of thioether (sulfide) groups is 2. The van der Waals surface area contributed by atoms with Crippen LogP contribution >= 0.6 is 46.5 Å². The molecule has 0 amide bonds. The first kappa shape index (κ1) is 31.1. The average molecular weight is 623 g/mol. The molecule has 0 saturated heterocycles. The predicted octanol–water partition coefficient (Wildman–Crippen LogP) is 8.76. The maximum Gasteiger partial charge on any atom is 0.316 e. The number of carbonyl (C=O) groups excluding carboxylic acids is 1. The molecule has 2 aromatic heterocycles. The molecule has 0 saturated carbocycles. The summed E-state index contributed by atoms with van der Waals surface area (Å²) in [5.41, 5.74) is 3.95. The lowest BCUT2D eigenvalue weighted by atomic mass is 10.0. The standard InChI is InChI=1S/C32H31ClN2O3S3/c1-2-3-15-39-21-26(20-37-19-23-11-13-25(33)14-12-23)38-31(36)22-41-32-28(18-34)27(24-8-5-4-6-9-24)17-29(35-32)30-10-7-16-40-30/h4-14,16-17,26H,2-3,15,19-22H2,1H3. The van der Waals surface area contributed by atoms with Gasteiger partial charge in [0.1, 0.15) is 17.2 Å². The molecule has 212 valence electrons. The van der Waals surface area contributed by atoms with Gasteiger partial charge in [0.25, 0.3) is 0 Å². The van der Waals surface area contributed by atoms with Gasteiger partial charge < -0.3 is 9.47 Å². The highest BCUT2D eigenvalue weighted by Gasteiger charge is 2.20. The highest BCUT2D eigenvalue weighted by atomic mass is 35.5. The van der Waals surface area contributed by atoms with Crippen molar-refractivity contribution in [1.29, 1.82) is 5.26 Å². The summed E-state index contributed by atoms with van der Waals surface area (Å²) in [6.07, 6.45) is 1.85. The summed E-state index contributed by atoms with van der Waals surface area (Å²) in [5, 5.41) is 13.3. The number of nitrogens with zero attached hydrogens (tertiary/aromatic N) is 2. The van der Waals surface area contributed by atoms with E-state index in [9.17, 15) is 10.1 Å². The number of aromatic nitrogens is 1. The van der Waals surface area contributed by atoms with Crippen LogP contribution in [0.2, 0.25) is 5.02 Å². The number of benzene rings is 2. The molecule has 0 N–H and O–H groups in total. The van der Waals surface area contributed by atoms with Crippen LogP contribution in [0.3, 0.4) is 0 Å². The van der Waals surface area contributed by atoms with Crippen molar-refractivity contribution in [3.05, 3.63) is 94.3 Å². The van der Waals surface area contributed by atoms with Crippen molar-refractivity contribution in [2.24, 2.45) is 0 Å². The van der Waals surface area contributed by atoms with Crippen molar-refractivity contribution in [3.63, 3.8) is 0 Å². The van der Waals surface area contributed by atoms with E-state index in [1.807, 2.05) is 78.2 Å². The lowest BCUT2D eigenvalue weighted by Crippen LogP contribution is -2.27. The van der Waals surface area contributed by atoms with Gasteiger partial charge in [-0.05, 0) is 52.9 Å². The molecule has 4 aromatic rings. The van der Waals surface area contributed by atoms with Crippen LogP contribution in [-0.2, 0) is 20.9 Å². The maximum absolute atomic E-state index is 13.0. The van der Waals surface area contributed by atoms with Gasteiger partial charge in [-0.2, -0.15) is 17.0 Å². The van der Waals surface area contributed by atoms with Gasteiger partial charge in [0.2, 0.25) is 0 Å². The van der Waals surface area contributed by atoms with Gasteiger partial charge in [-0.25, -0.2) is 4.98 Å². The van der Waals surface area contributed by atoms with Crippen LogP contribution in [0, 0.1) is 11.3 Å². The van der Waals surface area contributed by atoms with E-state index in [2.05, 4.69) is 13.0 Å². The molecule has 41 heavy (non-hydrogen) atoms. The summed E-state index contributed by atoms with van der Waals surface area (Å²) >= 11 is 10.6. The molecular formula is C32H31ClN2O3S3. The Labute approximate surface area is 259 Å². The van der Waals surface area contributed by atoms with Crippen LogP contribution in [0.5, 0.6) is 0 Å². The Kier molecular flexibility index (Phi) is 12.6. The third-order valence-electron chi connectivity index (χ3n) is 6.01. The minimum Gasteiger partial charge on any atom is -0.458 e. The zero-order valence-electron chi connectivity index (χ0n) is 22.8. The molecule has 0 fully saturated rings. The van der Waals surface area contributed by atoms with Crippen molar-refractivity contribution in [2.45, 2.75) is 37.5 Å². The Hall–Kier alpha value is -2.80. The molecule has 4 rings (SSSR count). The summed E-state index contributed by atoms with van der Waals surface area (Å²) in [6.45, 7) is 2.86. The lowest BCUT2D eigenvalue weighted by Gasteiger charge is -2.18. The predicted molar refractivity (Wildman–Crippen MR) is 172 cm³/mol. The zero-order valence-corrected chi connectivity index (χ0v) is 26.0. The highest BCUT2D eigenvalue weighted by Crippen LogP contribution is 2.35. The van der Waals surface area contributed by atoms with Gasteiger partial charge in [-0.1, -0.05) is 85.2 Å². The summed E-state index contributed by atoms with van der Waals surface area (Å²) < 4.78 is 11.8. The molecule has 2 aromatic carbocycles.